The fraction of sp³-hybridized carbons (Fsp3) is 0.917. The van der Waals surface area contributed by atoms with Gasteiger partial charge in [-0.25, -0.2) is 0 Å². The first-order valence-electron chi connectivity index (χ1n) is 6.08. The fourth-order valence-corrected chi connectivity index (χ4v) is 2.59. The van der Waals surface area contributed by atoms with Crippen LogP contribution in [0.1, 0.15) is 33.6 Å². The molecule has 17 heavy (non-hydrogen) atoms. The lowest BCUT2D eigenvalue weighted by atomic mass is 9.99. The fourth-order valence-electron chi connectivity index (χ4n) is 1.82. The van der Waals surface area contributed by atoms with E-state index in [0.29, 0.717) is 5.96 Å². The van der Waals surface area contributed by atoms with Crippen molar-refractivity contribution in [1.29, 1.82) is 0 Å². The topological polar surface area (TPSA) is 59.6 Å². The van der Waals surface area contributed by atoms with Gasteiger partial charge in [0.25, 0.3) is 0 Å². The molecule has 1 saturated heterocycles. The van der Waals surface area contributed by atoms with E-state index < -0.39 is 0 Å². The Kier molecular flexibility index (Phi) is 5.13. The van der Waals surface area contributed by atoms with Gasteiger partial charge >= 0.3 is 0 Å². The van der Waals surface area contributed by atoms with Crippen LogP contribution in [0.4, 0.5) is 0 Å². The SMILES string of the molecule is CSC1(CN=C(N)NC(C)(C)C)CCOCC1. The molecule has 3 N–H and O–H groups in total. The summed E-state index contributed by atoms with van der Waals surface area (Å²) in [5, 5.41) is 3.19. The molecule has 0 unspecified atom stereocenters. The highest BCUT2D eigenvalue weighted by Gasteiger charge is 2.31. The number of nitrogens with two attached hydrogens (primary N) is 1. The molecule has 0 aliphatic carbocycles. The van der Waals surface area contributed by atoms with Crippen LogP contribution in [0.15, 0.2) is 4.99 Å². The van der Waals surface area contributed by atoms with E-state index in [1.807, 2.05) is 11.8 Å². The van der Waals surface area contributed by atoms with Crippen LogP contribution in [0.2, 0.25) is 0 Å². The van der Waals surface area contributed by atoms with Crippen molar-refractivity contribution in [2.75, 3.05) is 26.0 Å². The van der Waals surface area contributed by atoms with E-state index in [1.165, 1.54) is 0 Å². The maximum absolute atomic E-state index is 5.89. The van der Waals surface area contributed by atoms with Crippen LogP contribution in [-0.2, 0) is 4.74 Å². The number of guanidine groups is 1. The molecule has 0 atom stereocenters. The molecule has 0 aromatic carbocycles. The van der Waals surface area contributed by atoms with Crippen LogP contribution in [-0.4, -0.2) is 42.3 Å². The van der Waals surface area contributed by atoms with E-state index in [-0.39, 0.29) is 10.3 Å². The normalized spacial score (nSPS) is 21.3. The predicted octanol–water partition coefficient (Wildman–Crippen LogP) is 1.60. The first-order valence-corrected chi connectivity index (χ1v) is 7.30. The summed E-state index contributed by atoms with van der Waals surface area (Å²) in [5.41, 5.74) is 5.86. The Hall–Kier alpha value is -0.420. The van der Waals surface area contributed by atoms with E-state index in [9.17, 15) is 0 Å². The van der Waals surface area contributed by atoms with E-state index in [1.54, 1.807) is 0 Å². The summed E-state index contributed by atoms with van der Waals surface area (Å²) < 4.78 is 5.62. The zero-order valence-electron chi connectivity index (χ0n) is 11.4. The number of nitrogens with zero attached hydrogens (tertiary/aromatic N) is 1. The van der Waals surface area contributed by atoms with Gasteiger partial charge in [-0.15, -0.1) is 0 Å². The summed E-state index contributed by atoms with van der Waals surface area (Å²) >= 11 is 1.88. The molecule has 100 valence electrons. The minimum absolute atomic E-state index is 0.0320. The van der Waals surface area contributed by atoms with Crippen LogP contribution < -0.4 is 11.1 Å². The van der Waals surface area contributed by atoms with Crippen LogP contribution in [0.25, 0.3) is 0 Å². The smallest absolute Gasteiger partial charge is 0.189 e. The van der Waals surface area contributed by atoms with E-state index >= 15 is 0 Å². The average molecular weight is 259 g/mol. The van der Waals surface area contributed by atoms with Crippen molar-refractivity contribution in [1.82, 2.24) is 5.32 Å². The molecule has 0 amide bonds. The number of aliphatic imine (C=N–C) groups is 1. The largest absolute Gasteiger partial charge is 0.381 e. The number of nitrogens with one attached hydrogen (secondary N) is 1. The molecule has 1 aliphatic heterocycles. The third kappa shape index (κ3) is 5.17. The second-order valence-electron chi connectivity index (χ2n) is 5.58. The quantitative estimate of drug-likeness (QED) is 0.597. The first-order chi connectivity index (χ1) is 7.87. The minimum Gasteiger partial charge on any atom is -0.381 e. The number of hydrogen-bond donors (Lipinski definition) is 2. The maximum Gasteiger partial charge on any atom is 0.189 e. The van der Waals surface area contributed by atoms with Gasteiger partial charge in [-0.1, -0.05) is 0 Å². The standard InChI is InChI=1S/C12H25N3OS/c1-11(2,3)15-10(13)14-9-12(17-4)5-7-16-8-6-12/h5-9H2,1-4H3,(H3,13,14,15). The number of hydrogen-bond acceptors (Lipinski definition) is 3. The summed E-state index contributed by atoms with van der Waals surface area (Å²) in [4.78, 5) is 4.48. The Morgan fingerprint density at radius 1 is 1.41 bits per heavy atom. The lowest BCUT2D eigenvalue weighted by molar-refractivity contribution is 0.0794. The van der Waals surface area contributed by atoms with Gasteiger partial charge in [0.1, 0.15) is 0 Å². The highest BCUT2D eigenvalue weighted by atomic mass is 32.2. The van der Waals surface area contributed by atoms with Gasteiger partial charge in [-0.05, 0) is 39.9 Å². The van der Waals surface area contributed by atoms with Gasteiger partial charge in [0.15, 0.2) is 5.96 Å². The van der Waals surface area contributed by atoms with Gasteiger partial charge < -0.3 is 15.8 Å². The zero-order valence-corrected chi connectivity index (χ0v) is 12.2. The molecule has 5 heteroatoms. The predicted molar refractivity (Wildman–Crippen MR) is 75.7 cm³/mol. The van der Waals surface area contributed by atoms with E-state index in [4.69, 9.17) is 10.5 Å². The van der Waals surface area contributed by atoms with Crippen LogP contribution in [0, 0.1) is 0 Å². The Labute approximate surface area is 109 Å². The molecule has 1 fully saturated rings. The summed E-state index contributed by atoms with van der Waals surface area (Å²) in [6.45, 7) is 8.68. The Balaban J connectivity index is 2.54. The molecule has 0 aromatic rings. The van der Waals surface area contributed by atoms with Crippen molar-refractivity contribution >= 4 is 17.7 Å². The summed E-state index contributed by atoms with van der Waals surface area (Å²) in [6, 6.07) is 0. The van der Waals surface area contributed by atoms with Crippen LogP contribution >= 0.6 is 11.8 Å². The van der Waals surface area contributed by atoms with Crippen LogP contribution in [0.5, 0.6) is 0 Å². The lowest BCUT2D eigenvalue weighted by Gasteiger charge is -2.34. The van der Waals surface area contributed by atoms with Gasteiger partial charge in [-0.2, -0.15) is 11.8 Å². The second kappa shape index (κ2) is 5.96. The molecular weight excluding hydrogens is 234 g/mol. The third-order valence-electron chi connectivity index (χ3n) is 2.88. The van der Waals surface area contributed by atoms with Crippen molar-refractivity contribution in [3.63, 3.8) is 0 Å². The van der Waals surface area contributed by atoms with Crippen molar-refractivity contribution in [2.24, 2.45) is 10.7 Å². The van der Waals surface area contributed by atoms with E-state index in [2.05, 4.69) is 37.3 Å². The molecule has 0 spiro atoms. The molecular formula is C12H25N3OS. The summed E-state index contributed by atoms with van der Waals surface area (Å²) in [6.07, 6.45) is 4.26. The molecule has 1 aliphatic rings. The zero-order chi connectivity index (χ0) is 12.9. The molecule has 0 saturated carbocycles. The van der Waals surface area contributed by atoms with Gasteiger partial charge in [0.05, 0.1) is 6.54 Å². The lowest BCUT2D eigenvalue weighted by Crippen LogP contribution is -2.46. The molecule has 4 nitrogen and oxygen atoms in total. The highest BCUT2D eigenvalue weighted by molar-refractivity contribution is 8.00. The molecule has 0 aromatic heterocycles. The first kappa shape index (κ1) is 14.6. The molecule has 0 bridgehead atoms. The maximum atomic E-state index is 5.89. The average Bonchev–Trinajstić information content (AvgIpc) is 2.25. The van der Waals surface area contributed by atoms with Crippen molar-refractivity contribution in [3.8, 4) is 0 Å². The number of thioether (sulfide) groups is 1. The Morgan fingerprint density at radius 3 is 2.47 bits per heavy atom. The van der Waals surface area contributed by atoms with Crippen molar-refractivity contribution in [3.05, 3.63) is 0 Å². The summed E-state index contributed by atoms with van der Waals surface area (Å²) in [7, 11) is 0. The van der Waals surface area contributed by atoms with Gasteiger partial charge in [-0.3, -0.25) is 4.99 Å². The van der Waals surface area contributed by atoms with Crippen LogP contribution in [0.3, 0.4) is 0 Å². The van der Waals surface area contributed by atoms with Gasteiger partial charge in [0, 0.05) is 23.5 Å². The molecule has 1 heterocycles. The molecule has 0 radical (unpaired) electrons. The highest BCUT2D eigenvalue weighted by Crippen LogP contribution is 2.33. The van der Waals surface area contributed by atoms with Gasteiger partial charge in [0.2, 0.25) is 0 Å². The van der Waals surface area contributed by atoms with E-state index in [0.717, 1.165) is 32.6 Å². The third-order valence-corrected chi connectivity index (χ3v) is 4.28. The van der Waals surface area contributed by atoms with Crippen molar-refractivity contribution in [2.45, 2.75) is 43.9 Å². The second-order valence-corrected chi connectivity index (χ2v) is 6.85. The number of ether oxygens (including phenoxy) is 1. The Bertz CT molecular complexity index is 267. The summed E-state index contributed by atoms with van der Waals surface area (Å²) in [5.74, 6) is 0.539. The minimum atomic E-state index is -0.0320. The monoisotopic (exact) mass is 259 g/mol. The molecule has 1 rings (SSSR count). The van der Waals surface area contributed by atoms with Crippen molar-refractivity contribution < 1.29 is 4.74 Å². The Morgan fingerprint density at radius 2 is 2.00 bits per heavy atom. The number of rotatable bonds is 3.